The molecular formula is C36H43N2+. The third-order valence-electron chi connectivity index (χ3n) is 6.08. The topological polar surface area (TPSA) is 15.9 Å². The molecule has 0 amide bonds. The maximum absolute atomic E-state index is 4.25. The standard InChI is InChI=1S/C19H22N.C11H9N.C6H12/c1-5-6-9-15(2)17-12-13-19(20(4)14-17)18-11-8-7-10-16(18)3;1-2-6-10(7-3-1)11-8-4-5-9-12-11;1-3-5-6-4-2/h5-11,14H,1-2,12-13H2,3-4H3;1-9H;5-6H,3-4H2,1-2H3/q+1;;/b9-6-;;. The first kappa shape index (κ1) is 30.2. The molecule has 2 nitrogen and oxygen atoms in total. The van der Waals surface area contributed by atoms with Crippen molar-refractivity contribution in [3.05, 3.63) is 151 Å². The lowest BCUT2D eigenvalue weighted by Crippen LogP contribution is -2.20. The number of hydrogen-bond acceptors (Lipinski definition) is 1. The zero-order valence-electron chi connectivity index (χ0n) is 23.6. The quantitative estimate of drug-likeness (QED) is 0.178. The van der Waals surface area contributed by atoms with E-state index in [1.54, 1.807) is 6.08 Å². The molecule has 0 aliphatic carbocycles. The molecule has 0 saturated carbocycles. The van der Waals surface area contributed by atoms with E-state index in [4.69, 9.17) is 0 Å². The van der Waals surface area contributed by atoms with Crippen LogP contribution >= 0.6 is 0 Å². The maximum Gasteiger partial charge on any atom is 0.188 e. The first-order valence-electron chi connectivity index (χ1n) is 13.5. The van der Waals surface area contributed by atoms with E-state index in [0.29, 0.717) is 0 Å². The molecule has 196 valence electrons. The number of rotatable bonds is 7. The molecule has 1 aromatic heterocycles. The van der Waals surface area contributed by atoms with Gasteiger partial charge in [0.25, 0.3) is 0 Å². The summed E-state index contributed by atoms with van der Waals surface area (Å²) in [6, 6.07) is 24.6. The molecule has 38 heavy (non-hydrogen) atoms. The summed E-state index contributed by atoms with van der Waals surface area (Å²) in [5, 5.41) is 0. The molecule has 0 bridgehead atoms. The Morgan fingerprint density at radius 2 is 1.55 bits per heavy atom. The van der Waals surface area contributed by atoms with E-state index in [1.165, 1.54) is 35.3 Å². The van der Waals surface area contributed by atoms with Gasteiger partial charge >= 0.3 is 0 Å². The van der Waals surface area contributed by atoms with Crippen LogP contribution in [0.3, 0.4) is 0 Å². The highest BCUT2D eigenvalue weighted by molar-refractivity contribution is 5.98. The van der Waals surface area contributed by atoms with Gasteiger partial charge in [-0.2, -0.15) is 0 Å². The van der Waals surface area contributed by atoms with E-state index < -0.39 is 0 Å². The largest absolute Gasteiger partial charge is 0.256 e. The average molecular weight is 504 g/mol. The number of allylic oxidation sites excluding steroid dienone is 7. The van der Waals surface area contributed by atoms with Crippen molar-refractivity contribution in [1.29, 1.82) is 0 Å². The second kappa shape index (κ2) is 17.4. The number of pyridine rings is 1. The third-order valence-corrected chi connectivity index (χ3v) is 6.08. The molecule has 1 aliphatic heterocycles. The van der Waals surface area contributed by atoms with Crippen LogP contribution in [0.25, 0.3) is 11.3 Å². The van der Waals surface area contributed by atoms with Crippen LogP contribution in [0, 0.1) is 6.92 Å². The molecule has 2 heteroatoms. The van der Waals surface area contributed by atoms with Crippen LogP contribution in [0.1, 0.15) is 50.7 Å². The molecule has 0 radical (unpaired) electrons. The Morgan fingerprint density at radius 3 is 2.13 bits per heavy atom. The van der Waals surface area contributed by atoms with Gasteiger partial charge < -0.3 is 0 Å². The lowest BCUT2D eigenvalue weighted by Gasteiger charge is -2.14. The van der Waals surface area contributed by atoms with Gasteiger partial charge in [-0.25, -0.2) is 4.58 Å². The molecule has 4 rings (SSSR count). The van der Waals surface area contributed by atoms with Gasteiger partial charge in [-0.1, -0.05) is 112 Å². The lowest BCUT2D eigenvalue weighted by molar-refractivity contribution is -0.425. The van der Waals surface area contributed by atoms with Crippen LogP contribution in [0.2, 0.25) is 0 Å². The Morgan fingerprint density at radius 1 is 0.895 bits per heavy atom. The minimum atomic E-state index is 1.03. The molecule has 0 N–H and O–H groups in total. The van der Waals surface area contributed by atoms with E-state index in [-0.39, 0.29) is 0 Å². The Labute approximate surface area is 230 Å². The number of aromatic nitrogens is 1. The summed E-state index contributed by atoms with van der Waals surface area (Å²) < 4.78 is 2.23. The molecule has 2 heterocycles. The predicted molar refractivity (Wildman–Crippen MR) is 167 cm³/mol. The second-order valence-electron chi connectivity index (χ2n) is 9.02. The average Bonchev–Trinajstić information content (AvgIpc) is 2.97. The lowest BCUT2D eigenvalue weighted by atomic mass is 9.93. The van der Waals surface area contributed by atoms with E-state index in [0.717, 1.165) is 29.7 Å². The molecular weight excluding hydrogens is 460 g/mol. The van der Waals surface area contributed by atoms with Gasteiger partial charge in [0.1, 0.15) is 7.05 Å². The van der Waals surface area contributed by atoms with Crippen molar-refractivity contribution in [3.63, 3.8) is 0 Å². The molecule has 3 aromatic rings. The Kier molecular flexibility index (Phi) is 13.8. The number of benzene rings is 2. The monoisotopic (exact) mass is 503 g/mol. The van der Waals surface area contributed by atoms with Crippen LogP contribution in [-0.4, -0.2) is 22.3 Å². The Bertz CT molecular complexity index is 1220. The van der Waals surface area contributed by atoms with Crippen molar-refractivity contribution in [2.75, 3.05) is 7.05 Å². The fourth-order valence-electron chi connectivity index (χ4n) is 4.04. The van der Waals surface area contributed by atoms with Gasteiger partial charge in [0.2, 0.25) is 0 Å². The van der Waals surface area contributed by atoms with Gasteiger partial charge in [0.15, 0.2) is 11.9 Å². The molecule has 0 spiro atoms. The van der Waals surface area contributed by atoms with Crippen LogP contribution in [0.5, 0.6) is 0 Å². The highest BCUT2D eigenvalue weighted by Crippen LogP contribution is 2.23. The van der Waals surface area contributed by atoms with Gasteiger partial charge in [-0.15, -0.1) is 0 Å². The van der Waals surface area contributed by atoms with E-state index >= 15 is 0 Å². The fourth-order valence-corrected chi connectivity index (χ4v) is 4.04. The second-order valence-corrected chi connectivity index (χ2v) is 9.02. The molecule has 0 fully saturated rings. The molecule has 0 unspecified atom stereocenters. The highest BCUT2D eigenvalue weighted by atomic mass is 15.0. The first-order chi connectivity index (χ1) is 18.5. The summed E-state index contributed by atoms with van der Waals surface area (Å²) in [6.07, 6.45) is 18.5. The maximum atomic E-state index is 4.25. The van der Waals surface area contributed by atoms with Crippen molar-refractivity contribution < 1.29 is 4.58 Å². The molecule has 0 saturated heterocycles. The summed E-state index contributed by atoms with van der Waals surface area (Å²) in [5.74, 6) is 0. The van der Waals surface area contributed by atoms with Crippen LogP contribution in [-0.2, 0) is 0 Å². The summed E-state index contributed by atoms with van der Waals surface area (Å²) in [5.41, 5.74) is 8.61. The predicted octanol–water partition coefficient (Wildman–Crippen LogP) is 9.51. The van der Waals surface area contributed by atoms with Crippen molar-refractivity contribution in [3.8, 4) is 11.3 Å². The Balaban J connectivity index is 0.000000237. The number of hydrogen-bond donors (Lipinski definition) is 0. The van der Waals surface area contributed by atoms with Crippen molar-refractivity contribution >= 4 is 5.71 Å². The Hall–Kier alpha value is -4.04. The summed E-state index contributed by atoms with van der Waals surface area (Å²) in [4.78, 5) is 4.25. The van der Waals surface area contributed by atoms with Crippen LogP contribution in [0.4, 0.5) is 0 Å². The van der Waals surface area contributed by atoms with Crippen LogP contribution in [0.15, 0.2) is 140 Å². The minimum absolute atomic E-state index is 1.03. The number of aryl methyl sites for hydroxylation is 1. The smallest absolute Gasteiger partial charge is 0.188 e. The minimum Gasteiger partial charge on any atom is -0.256 e. The first-order valence-corrected chi connectivity index (χ1v) is 13.5. The van der Waals surface area contributed by atoms with E-state index in [9.17, 15) is 0 Å². The summed E-state index contributed by atoms with van der Waals surface area (Å²) >= 11 is 0. The fraction of sp³-hybridized carbons (Fsp3) is 0.222. The van der Waals surface area contributed by atoms with Crippen molar-refractivity contribution in [2.24, 2.45) is 0 Å². The van der Waals surface area contributed by atoms with Gasteiger partial charge in [0.05, 0.1) is 5.69 Å². The SMILES string of the molecule is C=C/C=C\C(=C)C1=C[N+](C)=C(c2ccccc2C)CC1.CCC=CCC.c1ccc(-c2ccccn2)cc1. The zero-order chi connectivity index (χ0) is 27.6. The summed E-state index contributed by atoms with van der Waals surface area (Å²) in [6.45, 7) is 14.3. The zero-order valence-corrected chi connectivity index (χ0v) is 23.6. The van der Waals surface area contributed by atoms with Crippen LogP contribution < -0.4 is 0 Å². The molecule has 2 aromatic carbocycles. The third kappa shape index (κ3) is 10.1. The van der Waals surface area contributed by atoms with E-state index in [1.807, 2.05) is 54.7 Å². The molecule has 0 atom stereocenters. The van der Waals surface area contributed by atoms with Gasteiger partial charge in [0, 0.05) is 29.3 Å². The summed E-state index contributed by atoms with van der Waals surface area (Å²) in [7, 11) is 2.12. The van der Waals surface area contributed by atoms with Gasteiger partial charge in [-0.3, -0.25) is 4.98 Å². The normalized spacial score (nSPS) is 12.8. The van der Waals surface area contributed by atoms with E-state index in [2.05, 4.69) is 105 Å². The number of nitrogens with zero attached hydrogens (tertiary/aromatic N) is 2. The van der Waals surface area contributed by atoms with Crippen molar-refractivity contribution in [1.82, 2.24) is 4.98 Å². The molecule has 1 aliphatic rings. The van der Waals surface area contributed by atoms with Crippen molar-refractivity contribution in [2.45, 2.75) is 46.5 Å². The highest BCUT2D eigenvalue weighted by Gasteiger charge is 2.21. The van der Waals surface area contributed by atoms with Gasteiger partial charge in [-0.05, 0) is 55.5 Å².